The van der Waals surface area contributed by atoms with E-state index in [1.165, 1.54) is 26.0 Å². The van der Waals surface area contributed by atoms with Crippen molar-refractivity contribution in [3.63, 3.8) is 0 Å². The third kappa shape index (κ3) is 4.11. The van der Waals surface area contributed by atoms with Gasteiger partial charge in [0.1, 0.15) is 23.1 Å². The number of carbonyl (C=O) groups is 4. The van der Waals surface area contributed by atoms with E-state index in [0.29, 0.717) is 12.8 Å². The number of aliphatic hydroxyl groups is 3. The van der Waals surface area contributed by atoms with Gasteiger partial charge in [0.05, 0.1) is 6.10 Å². The van der Waals surface area contributed by atoms with Gasteiger partial charge in [-0.05, 0) is 68.4 Å². The van der Waals surface area contributed by atoms with Gasteiger partial charge < -0.3 is 20.1 Å². The molecule has 4 aliphatic carbocycles. The molecule has 4 rings (SSSR count). The first-order valence-corrected chi connectivity index (χ1v) is 14.4. The van der Waals surface area contributed by atoms with Crippen LogP contribution in [0.3, 0.4) is 0 Å². The van der Waals surface area contributed by atoms with Crippen molar-refractivity contribution in [3.8, 4) is 0 Å². The fraction of sp³-hybridized carbons (Fsp3) is 0.750. The summed E-state index contributed by atoms with van der Waals surface area (Å²) in [6, 6.07) is 0. The summed E-state index contributed by atoms with van der Waals surface area (Å²) in [5.74, 6) is -2.96. The second-order valence-corrected chi connectivity index (χ2v) is 14.8. The van der Waals surface area contributed by atoms with Crippen molar-refractivity contribution in [2.45, 2.75) is 111 Å². The van der Waals surface area contributed by atoms with Crippen molar-refractivity contribution in [2.75, 3.05) is 0 Å². The minimum Gasteiger partial charge on any atom is -0.456 e. The summed E-state index contributed by atoms with van der Waals surface area (Å²) in [5.41, 5.74) is -5.33. The van der Waals surface area contributed by atoms with Crippen molar-refractivity contribution in [3.05, 3.63) is 23.8 Å². The first-order chi connectivity index (χ1) is 18.1. The molecule has 0 spiro atoms. The van der Waals surface area contributed by atoms with Crippen LogP contribution in [0.4, 0.5) is 0 Å². The van der Waals surface area contributed by atoms with Crippen LogP contribution in [-0.2, 0) is 23.9 Å². The number of ether oxygens (including phenoxy) is 1. The average molecular weight is 559 g/mol. The molecular formula is C32H46O8. The van der Waals surface area contributed by atoms with Gasteiger partial charge in [-0.3, -0.25) is 19.2 Å². The summed E-state index contributed by atoms with van der Waals surface area (Å²) in [7, 11) is 0. The molecule has 0 amide bonds. The predicted octanol–water partition coefficient (Wildman–Crippen LogP) is 3.50. The molecule has 4 aliphatic rings. The quantitative estimate of drug-likeness (QED) is 0.265. The number of Topliss-reactive ketones (excluding diaryl/α,β-unsaturated/α-hetero) is 2. The third-order valence-corrected chi connectivity index (χ3v) is 11.6. The largest absolute Gasteiger partial charge is 0.456 e. The van der Waals surface area contributed by atoms with E-state index in [2.05, 4.69) is 13.0 Å². The van der Waals surface area contributed by atoms with E-state index in [9.17, 15) is 34.5 Å². The second kappa shape index (κ2) is 9.17. The lowest BCUT2D eigenvalue weighted by molar-refractivity contribution is -0.183. The van der Waals surface area contributed by atoms with Crippen molar-refractivity contribution in [1.82, 2.24) is 0 Å². The van der Waals surface area contributed by atoms with Crippen LogP contribution in [0.1, 0.15) is 88.0 Å². The zero-order valence-electron chi connectivity index (χ0n) is 25.3. The first-order valence-electron chi connectivity index (χ1n) is 14.4. The van der Waals surface area contributed by atoms with E-state index in [4.69, 9.17) is 4.74 Å². The topological polar surface area (TPSA) is 138 Å². The number of allylic oxidation sites excluding steroid dienone is 1. The van der Waals surface area contributed by atoms with Crippen LogP contribution in [0.2, 0.25) is 0 Å². The zero-order chi connectivity index (χ0) is 30.4. The molecule has 8 nitrogen and oxygen atoms in total. The molecule has 3 saturated carbocycles. The maximum atomic E-state index is 14.3. The lowest BCUT2D eigenvalue weighted by Gasteiger charge is -2.64. The summed E-state index contributed by atoms with van der Waals surface area (Å²) in [4.78, 5) is 52.1. The summed E-state index contributed by atoms with van der Waals surface area (Å²) in [6.45, 7) is 15.5. The molecule has 222 valence electrons. The van der Waals surface area contributed by atoms with Crippen LogP contribution in [-0.4, -0.2) is 62.0 Å². The lowest BCUT2D eigenvalue weighted by Crippen LogP contribution is -2.65. The van der Waals surface area contributed by atoms with Crippen molar-refractivity contribution in [1.29, 1.82) is 0 Å². The molecule has 0 aromatic rings. The Morgan fingerprint density at radius 2 is 1.65 bits per heavy atom. The Balaban J connectivity index is 1.75. The molecule has 0 unspecified atom stereocenters. The number of ketones is 3. The number of aliphatic hydroxyl groups excluding tert-OH is 2. The van der Waals surface area contributed by atoms with Crippen LogP contribution in [0, 0.1) is 39.4 Å². The van der Waals surface area contributed by atoms with Gasteiger partial charge in [0.2, 0.25) is 0 Å². The third-order valence-electron chi connectivity index (χ3n) is 11.6. The monoisotopic (exact) mass is 558 g/mol. The first kappa shape index (κ1) is 30.8. The van der Waals surface area contributed by atoms with Crippen molar-refractivity contribution < 1.29 is 39.2 Å². The summed E-state index contributed by atoms with van der Waals surface area (Å²) in [6.07, 6.45) is 3.50. The van der Waals surface area contributed by atoms with Gasteiger partial charge in [0.25, 0.3) is 0 Å². The van der Waals surface area contributed by atoms with Crippen LogP contribution >= 0.6 is 0 Å². The lowest BCUT2D eigenvalue weighted by atomic mass is 9.38. The fourth-order valence-electron chi connectivity index (χ4n) is 9.35. The number of carbonyl (C=O) groups excluding carboxylic acids is 4. The Hall–Kier alpha value is -2.16. The van der Waals surface area contributed by atoms with Gasteiger partial charge in [0, 0.05) is 36.5 Å². The number of rotatable bonds is 5. The standard InChI is InChI=1S/C32H46O8/c1-17(33)40-27(2,3)13-12-23(36)32(9,39)25-21(35)15-29(6)22-11-10-18-19(14-20(34)26(38)28(18,4)5)31(22,8)24(37)16-30(25,29)7/h10,12-13,19,21-22,25-26,35,38-39H,11,14-16H2,1-9H3/b13-12+/t19-,21-,22-,25+,26-,29+,30+,31+,32-/m1/s1. The fourth-order valence-corrected chi connectivity index (χ4v) is 9.35. The number of fused-ring (bicyclic) bond motifs is 5. The molecule has 40 heavy (non-hydrogen) atoms. The van der Waals surface area contributed by atoms with Gasteiger partial charge >= 0.3 is 5.97 Å². The number of hydrogen-bond acceptors (Lipinski definition) is 8. The Bertz CT molecular complexity index is 1210. The van der Waals surface area contributed by atoms with E-state index in [1.807, 2.05) is 27.7 Å². The molecule has 8 heteroatoms. The zero-order valence-corrected chi connectivity index (χ0v) is 25.3. The molecule has 9 atom stereocenters. The van der Waals surface area contributed by atoms with Crippen molar-refractivity contribution >= 4 is 23.3 Å². The smallest absolute Gasteiger partial charge is 0.303 e. The molecule has 3 fully saturated rings. The molecule has 0 radical (unpaired) electrons. The molecule has 3 N–H and O–H groups in total. The molecule has 0 heterocycles. The number of esters is 1. The molecule has 0 bridgehead atoms. The highest BCUT2D eigenvalue weighted by Crippen LogP contribution is 2.74. The Kier molecular flexibility index (Phi) is 7.06. The highest BCUT2D eigenvalue weighted by molar-refractivity contribution is 5.97. The highest BCUT2D eigenvalue weighted by Gasteiger charge is 2.74. The predicted molar refractivity (Wildman–Crippen MR) is 148 cm³/mol. The Morgan fingerprint density at radius 3 is 2.23 bits per heavy atom. The molecule has 0 saturated heterocycles. The van der Waals surface area contributed by atoms with Gasteiger partial charge in [-0.25, -0.2) is 0 Å². The Morgan fingerprint density at radius 1 is 1.05 bits per heavy atom. The second-order valence-electron chi connectivity index (χ2n) is 14.8. The average Bonchev–Trinajstić information content (AvgIpc) is 3.01. The normalized spacial score (nSPS) is 42.4. The van der Waals surface area contributed by atoms with Crippen LogP contribution in [0.25, 0.3) is 0 Å². The highest BCUT2D eigenvalue weighted by atomic mass is 16.6. The van der Waals surface area contributed by atoms with E-state index >= 15 is 0 Å². The van der Waals surface area contributed by atoms with Gasteiger partial charge in [-0.2, -0.15) is 0 Å². The van der Waals surface area contributed by atoms with Gasteiger partial charge in [0.15, 0.2) is 11.6 Å². The maximum Gasteiger partial charge on any atom is 0.303 e. The van der Waals surface area contributed by atoms with Crippen molar-refractivity contribution in [2.24, 2.45) is 39.4 Å². The van der Waals surface area contributed by atoms with E-state index in [0.717, 1.165) is 5.57 Å². The van der Waals surface area contributed by atoms with Crippen LogP contribution in [0.5, 0.6) is 0 Å². The van der Waals surface area contributed by atoms with Crippen LogP contribution < -0.4 is 0 Å². The van der Waals surface area contributed by atoms with E-state index in [-0.39, 0.29) is 36.2 Å². The van der Waals surface area contributed by atoms with Gasteiger partial charge in [-0.1, -0.05) is 46.3 Å². The van der Waals surface area contributed by atoms with E-state index in [1.54, 1.807) is 13.8 Å². The Labute approximate surface area is 237 Å². The molecule has 0 aromatic heterocycles. The minimum absolute atomic E-state index is 0.0399. The molecule has 0 aliphatic heterocycles. The molecular weight excluding hydrogens is 512 g/mol. The summed E-state index contributed by atoms with van der Waals surface area (Å²) >= 11 is 0. The minimum atomic E-state index is -1.99. The van der Waals surface area contributed by atoms with Crippen LogP contribution in [0.15, 0.2) is 23.8 Å². The van der Waals surface area contributed by atoms with E-state index < -0.39 is 62.7 Å². The van der Waals surface area contributed by atoms with Gasteiger partial charge in [-0.15, -0.1) is 0 Å². The molecule has 0 aromatic carbocycles. The maximum absolute atomic E-state index is 14.3. The number of hydrogen-bond donors (Lipinski definition) is 3. The summed E-state index contributed by atoms with van der Waals surface area (Å²) in [5, 5.41) is 33.9. The SMILES string of the molecule is CC(=O)OC(C)(C)/C=C/C(=O)[C@@](C)(O)[C@H]1[C@H](O)C[C@@]2(C)[C@H]3CC=C4[C@@H](CC(=O)[C@@H](O)C4(C)C)[C@]3(C)C(=O)C[C@@]12C. The summed E-state index contributed by atoms with van der Waals surface area (Å²) < 4.78 is 5.23.